The first kappa shape index (κ1) is 29.9. The van der Waals surface area contributed by atoms with Crippen LogP contribution in [0.1, 0.15) is 25.0 Å². The third-order valence-corrected chi connectivity index (χ3v) is 10.5. The van der Waals surface area contributed by atoms with Crippen molar-refractivity contribution < 1.29 is 0 Å². The Morgan fingerprint density at radius 3 is 1.80 bits per heavy atom. The maximum atomic E-state index is 2.45. The fourth-order valence-electron chi connectivity index (χ4n) is 7.95. The molecule has 0 aliphatic heterocycles. The average molecular weight is 640 g/mol. The van der Waals surface area contributed by atoms with Crippen LogP contribution in [-0.4, -0.2) is 0 Å². The molecule has 50 heavy (non-hydrogen) atoms. The molecule has 0 radical (unpaired) electrons. The van der Waals surface area contributed by atoms with Gasteiger partial charge in [0.2, 0.25) is 0 Å². The lowest BCUT2D eigenvalue weighted by molar-refractivity contribution is 0.660. The summed E-state index contributed by atoms with van der Waals surface area (Å²) in [6.45, 7) is 4.70. The Labute approximate surface area is 294 Å². The van der Waals surface area contributed by atoms with E-state index in [0.29, 0.717) is 0 Å². The molecule has 0 bridgehead atoms. The van der Waals surface area contributed by atoms with Crippen molar-refractivity contribution in [2.45, 2.75) is 19.3 Å². The maximum Gasteiger partial charge on any atom is 0.0543 e. The molecule has 0 saturated carbocycles. The van der Waals surface area contributed by atoms with Gasteiger partial charge in [0.25, 0.3) is 0 Å². The quantitative estimate of drug-likeness (QED) is 0.175. The van der Waals surface area contributed by atoms with Crippen LogP contribution in [-0.2, 0) is 5.41 Å². The van der Waals surface area contributed by atoms with Gasteiger partial charge >= 0.3 is 0 Å². The van der Waals surface area contributed by atoms with Crippen LogP contribution in [0.2, 0.25) is 0 Å². The zero-order chi connectivity index (χ0) is 33.7. The highest BCUT2D eigenvalue weighted by Gasteiger charge is 2.37. The Hall–Kier alpha value is -6.18. The highest BCUT2D eigenvalue weighted by molar-refractivity contribution is 5.98. The molecule has 0 N–H and O–H groups in total. The minimum atomic E-state index is -0.0917. The first-order valence-corrected chi connectivity index (χ1v) is 17.4. The first-order valence-electron chi connectivity index (χ1n) is 17.4. The monoisotopic (exact) mass is 639 g/mol. The van der Waals surface area contributed by atoms with Crippen molar-refractivity contribution in [3.63, 3.8) is 0 Å². The number of benzene rings is 8. The number of hydrogen-bond donors (Lipinski definition) is 0. The van der Waals surface area contributed by atoms with E-state index in [1.54, 1.807) is 0 Å². The first-order chi connectivity index (χ1) is 24.6. The van der Waals surface area contributed by atoms with Gasteiger partial charge in [-0.1, -0.05) is 166 Å². The SMILES string of the molecule is CC1(C)c2ccccc2-c2c(N(c3ccc(-c4cccc5ccccc45)cc3)c3cccc(-c4cccc(-c5ccccc5)c4)c3)cccc21. The molecule has 0 saturated heterocycles. The molecule has 1 heteroatoms. The molecular weight excluding hydrogens is 603 g/mol. The van der Waals surface area contributed by atoms with Crippen LogP contribution in [0, 0.1) is 0 Å². The van der Waals surface area contributed by atoms with Crippen LogP contribution in [0.4, 0.5) is 17.1 Å². The van der Waals surface area contributed by atoms with Crippen molar-refractivity contribution in [3.05, 3.63) is 199 Å². The summed E-state index contributed by atoms with van der Waals surface area (Å²) in [6, 6.07) is 68.6. The molecule has 1 aliphatic rings. The smallest absolute Gasteiger partial charge is 0.0543 e. The molecule has 1 nitrogen and oxygen atoms in total. The molecule has 0 fully saturated rings. The summed E-state index contributed by atoms with van der Waals surface area (Å²) in [5.41, 5.74) is 16.0. The molecule has 0 atom stereocenters. The zero-order valence-electron chi connectivity index (χ0n) is 28.3. The van der Waals surface area contributed by atoms with E-state index in [4.69, 9.17) is 0 Å². The molecule has 0 amide bonds. The number of anilines is 3. The van der Waals surface area contributed by atoms with E-state index in [-0.39, 0.29) is 5.41 Å². The van der Waals surface area contributed by atoms with E-state index in [2.05, 4.69) is 207 Å². The lowest BCUT2D eigenvalue weighted by Gasteiger charge is -2.29. The highest BCUT2D eigenvalue weighted by Crippen LogP contribution is 2.54. The normalized spacial score (nSPS) is 12.8. The van der Waals surface area contributed by atoms with Gasteiger partial charge in [-0.3, -0.25) is 0 Å². The predicted octanol–water partition coefficient (Wildman–Crippen LogP) is 13.6. The summed E-state index contributed by atoms with van der Waals surface area (Å²) in [5.74, 6) is 0. The second-order valence-electron chi connectivity index (χ2n) is 13.8. The summed E-state index contributed by atoms with van der Waals surface area (Å²) in [5, 5.41) is 2.52. The van der Waals surface area contributed by atoms with Crippen LogP contribution < -0.4 is 4.90 Å². The Kier molecular flexibility index (Phi) is 7.21. The summed E-state index contributed by atoms with van der Waals surface area (Å²) in [4.78, 5) is 2.45. The van der Waals surface area contributed by atoms with Crippen LogP contribution in [0.5, 0.6) is 0 Å². The van der Waals surface area contributed by atoms with Gasteiger partial charge in [-0.05, 0) is 97.2 Å². The lowest BCUT2D eigenvalue weighted by atomic mass is 9.82. The third kappa shape index (κ3) is 5.02. The van der Waals surface area contributed by atoms with Gasteiger partial charge in [0.05, 0.1) is 5.69 Å². The summed E-state index contributed by atoms with van der Waals surface area (Å²) < 4.78 is 0. The molecule has 0 unspecified atom stereocenters. The van der Waals surface area contributed by atoms with Crippen molar-refractivity contribution in [2.75, 3.05) is 4.90 Å². The third-order valence-electron chi connectivity index (χ3n) is 10.5. The van der Waals surface area contributed by atoms with Crippen molar-refractivity contribution in [3.8, 4) is 44.5 Å². The Balaban J connectivity index is 1.21. The van der Waals surface area contributed by atoms with Crippen molar-refractivity contribution in [1.82, 2.24) is 0 Å². The van der Waals surface area contributed by atoms with Crippen LogP contribution >= 0.6 is 0 Å². The fraction of sp³-hybridized carbons (Fsp3) is 0.0612. The highest BCUT2D eigenvalue weighted by atomic mass is 15.1. The molecule has 8 aromatic rings. The Morgan fingerprint density at radius 1 is 0.380 bits per heavy atom. The van der Waals surface area contributed by atoms with Crippen molar-refractivity contribution >= 4 is 27.8 Å². The summed E-state index contributed by atoms with van der Waals surface area (Å²) >= 11 is 0. The van der Waals surface area contributed by atoms with Crippen LogP contribution in [0.3, 0.4) is 0 Å². The molecule has 238 valence electrons. The second kappa shape index (κ2) is 12.1. The minimum Gasteiger partial charge on any atom is -0.310 e. The topological polar surface area (TPSA) is 3.24 Å². The molecule has 0 aromatic heterocycles. The average Bonchev–Trinajstić information content (AvgIpc) is 3.42. The van der Waals surface area contributed by atoms with Gasteiger partial charge in [-0.2, -0.15) is 0 Å². The van der Waals surface area contributed by atoms with Gasteiger partial charge in [-0.25, -0.2) is 0 Å². The van der Waals surface area contributed by atoms with E-state index in [1.807, 2.05) is 0 Å². The summed E-state index contributed by atoms with van der Waals surface area (Å²) in [6.07, 6.45) is 0. The largest absolute Gasteiger partial charge is 0.310 e. The Morgan fingerprint density at radius 2 is 0.960 bits per heavy atom. The van der Waals surface area contributed by atoms with Crippen molar-refractivity contribution in [2.24, 2.45) is 0 Å². The number of fused-ring (bicyclic) bond motifs is 4. The number of hydrogen-bond acceptors (Lipinski definition) is 1. The van der Waals surface area contributed by atoms with E-state index in [1.165, 1.54) is 72.1 Å². The molecular formula is C49H37N. The molecule has 1 aliphatic carbocycles. The fourth-order valence-corrected chi connectivity index (χ4v) is 7.95. The lowest BCUT2D eigenvalue weighted by Crippen LogP contribution is -2.16. The van der Waals surface area contributed by atoms with Gasteiger partial charge < -0.3 is 4.90 Å². The number of rotatable bonds is 6. The van der Waals surface area contributed by atoms with Gasteiger partial charge in [0, 0.05) is 22.4 Å². The molecule has 0 heterocycles. The molecule has 8 aromatic carbocycles. The van der Waals surface area contributed by atoms with E-state index in [9.17, 15) is 0 Å². The van der Waals surface area contributed by atoms with Crippen molar-refractivity contribution in [1.29, 1.82) is 0 Å². The second-order valence-corrected chi connectivity index (χ2v) is 13.8. The molecule has 9 rings (SSSR count). The van der Waals surface area contributed by atoms with Crippen LogP contribution in [0.25, 0.3) is 55.3 Å². The zero-order valence-corrected chi connectivity index (χ0v) is 28.3. The minimum absolute atomic E-state index is 0.0917. The van der Waals surface area contributed by atoms with Gasteiger partial charge in [0.1, 0.15) is 0 Å². The number of nitrogens with zero attached hydrogens (tertiary/aromatic N) is 1. The van der Waals surface area contributed by atoms with E-state index >= 15 is 0 Å². The van der Waals surface area contributed by atoms with Gasteiger partial charge in [-0.15, -0.1) is 0 Å². The van der Waals surface area contributed by atoms with Gasteiger partial charge in [0.15, 0.2) is 0 Å². The standard InChI is InChI=1S/C49H37N/c1-49(2)45-25-9-8-23-44(45)48-46(49)26-13-27-47(48)50(40-30-28-36(29-31-40)43-24-12-17-35-16-6-7-22-42(35)43)41-21-11-20-39(33-41)38-19-10-18-37(32-38)34-14-4-3-5-15-34/h3-33H,1-2H3. The Bertz CT molecular complexity index is 2500. The van der Waals surface area contributed by atoms with E-state index in [0.717, 1.165) is 11.4 Å². The van der Waals surface area contributed by atoms with E-state index < -0.39 is 0 Å². The predicted molar refractivity (Wildman–Crippen MR) is 213 cm³/mol. The summed E-state index contributed by atoms with van der Waals surface area (Å²) in [7, 11) is 0. The van der Waals surface area contributed by atoms with Crippen LogP contribution in [0.15, 0.2) is 188 Å². The molecule has 0 spiro atoms. The maximum absolute atomic E-state index is 2.45.